The molecule has 4 nitrogen and oxygen atoms in total. The Bertz CT molecular complexity index is 771. The molecule has 0 aromatic heterocycles. The van der Waals surface area contributed by atoms with Crippen molar-refractivity contribution in [1.82, 2.24) is 4.90 Å². The Hall–Kier alpha value is -1.88. The van der Waals surface area contributed by atoms with Crippen LogP contribution in [0.1, 0.15) is 27.1 Å². The van der Waals surface area contributed by atoms with E-state index < -0.39 is 0 Å². The van der Waals surface area contributed by atoms with Crippen LogP contribution in [0.25, 0.3) is 10.8 Å². The summed E-state index contributed by atoms with van der Waals surface area (Å²) in [4.78, 5) is 28.2. The van der Waals surface area contributed by atoms with Crippen LogP contribution in [0.3, 0.4) is 0 Å². The number of benzene rings is 2. The van der Waals surface area contributed by atoms with E-state index >= 15 is 0 Å². The van der Waals surface area contributed by atoms with Gasteiger partial charge in [-0.25, -0.2) is 0 Å². The summed E-state index contributed by atoms with van der Waals surface area (Å²) in [5, 5.41) is 2.73. The Kier molecular flexibility index (Phi) is 3.91. The molecule has 2 aromatic rings. The zero-order chi connectivity index (χ0) is 15.9. The van der Waals surface area contributed by atoms with Gasteiger partial charge in [-0.2, -0.15) is 0 Å². The Balaban J connectivity index is 2.07. The molecule has 0 saturated carbocycles. The molecule has 0 aliphatic carbocycles. The lowest BCUT2D eigenvalue weighted by Gasteiger charge is -2.13. The van der Waals surface area contributed by atoms with Crippen LogP contribution in [0.4, 0.5) is 5.69 Å². The molecule has 2 amide bonds. The first kappa shape index (κ1) is 15.0. The van der Waals surface area contributed by atoms with Crippen molar-refractivity contribution in [1.29, 1.82) is 0 Å². The highest BCUT2D eigenvalue weighted by Crippen LogP contribution is 2.30. The SMILES string of the molecule is CN(C)c1ccc2cc3c(cc2c1)C(=O)N(CCCBr)C3=O. The minimum atomic E-state index is -0.182. The summed E-state index contributed by atoms with van der Waals surface area (Å²) in [6.45, 7) is 0.455. The summed E-state index contributed by atoms with van der Waals surface area (Å²) < 4.78 is 0. The second kappa shape index (κ2) is 5.72. The van der Waals surface area contributed by atoms with Crippen LogP contribution in [0.5, 0.6) is 0 Å². The van der Waals surface area contributed by atoms with Crippen molar-refractivity contribution in [3.8, 4) is 0 Å². The van der Waals surface area contributed by atoms with Crippen molar-refractivity contribution in [2.24, 2.45) is 0 Å². The molecule has 5 heteroatoms. The summed E-state index contributed by atoms with van der Waals surface area (Å²) in [6.07, 6.45) is 0.760. The van der Waals surface area contributed by atoms with Crippen molar-refractivity contribution < 1.29 is 9.59 Å². The number of hydrogen-bond donors (Lipinski definition) is 0. The van der Waals surface area contributed by atoms with Crippen molar-refractivity contribution >= 4 is 44.2 Å². The highest BCUT2D eigenvalue weighted by molar-refractivity contribution is 9.09. The largest absolute Gasteiger partial charge is 0.378 e. The average Bonchev–Trinajstić information content (AvgIpc) is 2.74. The van der Waals surface area contributed by atoms with E-state index in [0.717, 1.165) is 28.2 Å². The Labute approximate surface area is 137 Å². The second-order valence-corrected chi connectivity index (χ2v) is 6.42. The maximum atomic E-state index is 12.5. The number of amides is 2. The molecule has 0 bridgehead atoms. The van der Waals surface area contributed by atoms with Crippen LogP contribution in [0.2, 0.25) is 0 Å². The summed E-state index contributed by atoms with van der Waals surface area (Å²) in [6, 6.07) is 9.71. The van der Waals surface area contributed by atoms with E-state index in [1.807, 2.05) is 49.3 Å². The Morgan fingerprint density at radius 1 is 1.00 bits per heavy atom. The van der Waals surface area contributed by atoms with Crippen LogP contribution >= 0.6 is 15.9 Å². The number of hydrogen-bond acceptors (Lipinski definition) is 3. The molecule has 0 unspecified atom stereocenters. The van der Waals surface area contributed by atoms with Gasteiger partial charge in [-0.05, 0) is 41.5 Å². The van der Waals surface area contributed by atoms with E-state index in [9.17, 15) is 9.59 Å². The molecule has 0 spiro atoms. The molecule has 0 fully saturated rings. The fraction of sp³-hybridized carbons (Fsp3) is 0.294. The summed E-state index contributed by atoms with van der Waals surface area (Å²) in [7, 11) is 3.95. The van der Waals surface area contributed by atoms with Gasteiger partial charge >= 0.3 is 0 Å². The maximum absolute atomic E-state index is 12.5. The van der Waals surface area contributed by atoms with E-state index in [0.29, 0.717) is 17.7 Å². The van der Waals surface area contributed by atoms with E-state index in [1.165, 1.54) is 4.90 Å². The molecular weight excluding hydrogens is 344 g/mol. The minimum absolute atomic E-state index is 0.181. The average molecular weight is 361 g/mol. The van der Waals surface area contributed by atoms with Gasteiger partial charge in [0.05, 0.1) is 11.1 Å². The number of fused-ring (bicyclic) bond motifs is 2. The smallest absolute Gasteiger partial charge is 0.261 e. The van der Waals surface area contributed by atoms with Crippen LogP contribution in [-0.2, 0) is 0 Å². The maximum Gasteiger partial charge on any atom is 0.261 e. The molecule has 3 rings (SSSR count). The van der Waals surface area contributed by atoms with Gasteiger partial charge in [0, 0.05) is 31.7 Å². The van der Waals surface area contributed by atoms with Gasteiger partial charge in [-0.3, -0.25) is 14.5 Å². The van der Waals surface area contributed by atoms with Crippen molar-refractivity contribution in [2.75, 3.05) is 30.9 Å². The summed E-state index contributed by atoms with van der Waals surface area (Å²) >= 11 is 3.33. The molecule has 114 valence electrons. The summed E-state index contributed by atoms with van der Waals surface area (Å²) in [5.41, 5.74) is 2.10. The third-order valence-electron chi connectivity index (χ3n) is 3.94. The highest BCUT2D eigenvalue weighted by Gasteiger charge is 2.35. The lowest BCUT2D eigenvalue weighted by Crippen LogP contribution is -2.30. The quantitative estimate of drug-likeness (QED) is 0.620. The molecule has 0 N–H and O–H groups in total. The van der Waals surface area contributed by atoms with E-state index in [2.05, 4.69) is 15.9 Å². The van der Waals surface area contributed by atoms with Crippen LogP contribution in [0, 0.1) is 0 Å². The molecule has 1 aliphatic heterocycles. The van der Waals surface area contributed by atoms with Gasteiger partial charge < -0.3 is 4.90 Å². The monoisotopic (exact) mass is 360 g/mol. The number of rotatable bonds is 4. The highest BCUT2D eigenvalue weighted by atomic mass is 79.9. The third kappa shape index (κ3) is 2.39. The summed E-state index contributed by atoms with van der Waals surface area (Å²) in [5.74, 6) is -0.363. The number of nitrogens with zero attached hydrogens (tertiary/aromatic N) is 2. The van der Waals surface area contributed by atoms with Gasteiger partial charge in [-0.15, -0.1) is 0 Å². The predicted molar refractivity (Wildman–Crippen MR) is 92.1 cm³/mol. The first-order chi connectivity index (χ1) is 10.5. The van der Waals surface area contributed by atoms with Gasteiger partial charge in [0.25, 0.3) is 11.8 Å². The van der Waals surface area contributed by atoms with Crippen LogP contribution < -0.4 is 4.90 Å². The topological polar surface area (TPSA) is 40.6 Å². The Morgan fingerprint density at radius 2 is 1.64 bits per heavy atom. The standard InChI is InChI=1S/C17H17BrN2O2/c1-19(2)13-5-4-11-9-14-15(10-12(11)8-13)17(22)20(16(14)21)7-3-6-18/h4-5,8-10H,3,6-7H2,1-2H3. The van der Waals surface area contributed by atoms with Crippen molar-refractivity contribution in [3.05, 3.63) is 41.5 Å². The fourth-order valence-corrected chi connectivity index (χ4v) is 2.97. The number of carbonyl (C=O) groups is 2. The number of imide groups is 1. The molecule has 1 aliphatic rings. The zero-order valence-corrected chi connectivity index (χ0v) is 14.2. The van der Waals surface area contributed by atoms with E-state index in [1.54, 1.807) is 0 Å². The van der Waals surface area contributed by atoms with Crippen LogP contribution in [0.15, 0.2) is 30.3 Å². The van der Waals surface area contributed by atoms with Crippen molar-refractivity contribution in [3.63, 3.8) is 0 Å². The first-order valence-corrected chi connectivity index (χ1v) is 8.32. The second-order valence-electron chi connectivity index (χ2n) is 5.63. The van der Waals surface area contributed by atoms with Gasteiger partial charge in [0.1, 0.15) is 0 Å². The van der Waals surface area contributed by atoms with Crippen molar-refractivity contribution in [2.45, 2.75) is 6.42 Å². The fourth-order valence-electron chi connectivity index (χ4n) is 2.72. The first-order valence-electron chi connectivity index (χ1n) is 7.20. The number of halogens is 1. The molecule has 0 radical (unpaired) electrons. The normalized spacial score (nSPS) is 13.9. The molecule has 0 saturated heterocycles. The van der Waals surface area contributed by atoms with Gasteiger partial charge in [0.2, 0.25) is 0 Å². The molecular formula is C17H17BrN2O2. The lowest BCUT2D eigenvalue weighted by atomic mass is 10.0. The van der Waals surface area contributed by atoms with Gasteiger partial charge in [-0.1, -0.05) is 22.0 Å². The van der Waals surface area contributed by atoms with E-state index in [-0.39, 0.29) is 11.8 Å². The number of carbonyl (C=O) groups excluding carboxylic acids is 2. The lowest BCUT2D eigenvalue weighted by molar-refractivity contribution is 0.0655. The zero-order valence-electron chi connectivity index (χ0n) is 12.6. The molecule has 2 aromatic carbocycles. The third-order valence-corrected chi connectivity index (χ3v) is 4.50. The molecule has 0 atom stereocenters. The Morgan fingerprint density at radius 3 is 2.23 bits per heavy atom. The number of anilines is 1. The van der Waals surface area contributed by atoms with E-state index in [4.69, 9.17) is 0 Å². The minimum Gasteiger partial charge on any atom is -0.378 e. The van der Waals surface area contributed by atoms with Gasteiger partial charge in [0.15, 0.2) is 0 Å². The number of alkyl halides is 1. The predicted octanol–water partition coefficient (Wildman–Crippen LogP) is 3.29. The molecule has 1 heterocycles. The molecule has 22 heavy (non-hydrogen) atoms. The van der Waals surface area contributed by atoms with Crippen LogP contribution in [-0.4, -0.2) is 42.7 Å².